The van der Waals surface area contributed by atoms with Crippen LogP contribution in [-0.2, 0) is 14.3 Å². The number of hydrogen-bond acceptors (Lipinski definition) is 4. The van der Waals surface area contributed by atoms with Crippen molar-refractivity contribution in [3.8, 4) is 5.75 Å². The molecule has 0 radical (unpaired) electrons. The number of benzene rings is 1. The molecule has 2 fully saturated rings. The summed E-state index contributed by atoms with van der Waals surface area (Å²) in [5, 5.41) is 0. The largest absolute Gasteiger partial charge is 0.446 e. The van der Waals surface area contributed by atoms with Crippen LogP contribution in [0.4, 0.5) is 0 Å². The predicted molar refractivity (Wildman–Crippen MR) is 81.5 cm³/mol. The average molecular weight is 302 g/mol. The summed E-state index contributed by atoms with van der Waals surface area (Å²) in [5.41, 5.74) is -0.383. The minimum Gasteiger partial charge on any atom is -0.446 e. The van der Waals surface area contributed by atoms with E-state index in [2.05, 4.69) is 0 Å². The van der Waals surface area contributed by atoms with Gasteiger partial charge in [0.2, 0.25) is 5.60 Å². The molecule has 2 bridgehead atoms. The van der Waals surface area contributed by atoms with E-state index in [0.717, 1.165) is 11.1 Å². The Kier molecular flexibility index (Phi) is 2.97. The molecular weight excluding hydrogens is 280 g/mol. The monoisotopic (exact) mass is 302 g/mol. The molecule has 1 aliphatic heterocycles. The van der Waals surface area contributed by atoms with Crippen LogP contribution in [0.2, 0.25) is 0 Å². The maximum atomic E-state index is 12.9. The lowest BCUT2D eigenvalue weighted by Gasteiger charge is -2.34. The van der Waals surface area contributed by atoms with Crippen molar-refractivity contribution in [2.45, 2.75) is 53.1 Å². The molecule has 3 rings (SSSR count). The Morgan fingerprint density at radius 1 is 1.18 bits per heavy atom. The summed E-state index contributed by atoms with van der Waals surface area (Å²) in [6.07, 6.45) is 1.17. The number of esters is 2. The Hall–Kier alpha value is -1.84. The number of rotatable bonds is 2. The van der Waals surface area contributed by atoms with Gasteiger partial charge in [0, 0.05) is 5.41 Å². The van der Waals surface area contributed by atoms with Gasteiger partial charge in [-0.05, 0) is 50.8 Å². The van der Waals surface area contributed by atoms with Crippen molar-refractivity contribution in [2.75, 3.05) is 0 Å². The van der Waals surface area contributed by atoms with Crippen molar-refractivity contribution >= 4 is 11.9 Å². The van der Waals surface area contributed by atoms with Gasteiger partial charge in [0.25, 0.3) is 0 Å². The van der Waals surface area contributed by atoms with Crippen molar-refractivity contribution in [1.29, 1.82) is 0 Å². The predicted octanol–water partition coefficient (Wildman–Crippen LogP) is 3.33. The van der Waals surface area contributed by atoms with Crippen LogP contribution in [0.5, 0.6) is 5.75 Å². The topological polar surface area (TPSA) is 52.6 Å². The van der Waals surface area contributed by atoms with E-state index in [-0.39, 0.29) is 5.97 Å². The van der Waals surface area contributed by atoms with Crippen LogP contribution < -0.4 is 4.74 Å². The van der Waals surface area contributed by atoms with Crippen molar-refractivity contribution in [3.63, 3.8) is 0 Å². The first-order valence-electron chi connectivity index (χ1n) is 7.68. The van der Waals surface area contributed by atoms with Crippen molar-refractivity contribution in [1.82, 2.24) is 0 Å². The van der Waals surface area contributed by atoms with Gasteiger partial charge in [0.15, 0.2) is 0 Å². The highest BCUT2D eigenvalue weighted by Gasteiger charge is 2.76. The molecule has 2 aliphatic rings. The van der Waals surface area contributed by atoms with E-state index < -0.39 is 22.4 Å². The molecule has 1 aromatic rings. The second-order valence-corrected chi connectivity index (χ2v) is 7.26. The number of hydrogen-bond donors (Lipinski definition) is 0. The number of aryl methyl sites for hydroxylation is 1. The molecule has 1 saturated carbocycles. The number of fused-ring (bicyclic) bond motifs is 2. The van der Waals surface area contributed by atoms with Crippen LogP contribution in [0.1, 0.15) is 44.7 Å². The van der Waals surface area contributed by atoms with E-state index in [1.807, 2.05) is 46.8 Å². The molecule has 1 heterocycles. The highest BCUT2D eigenvalue weighted by molar-refractivity contribution is 5.94. The summed E-state index contributed by atoms with van der Waals surface area (Å²) in [4.78, 5) is 25.1. The Balaban J connectivity index is 1.96. The van der Waals surface area contributed by atoms with E-state index in [4.69, 9.17) is 9.47 Å². The lowest BCUT2D eigenvalue weighted by Crippen LogP contribution is -2.50. The third-order valence-corrected chi connectivity index (χ3v) is 6.17. The quantitative estimate of drug-likeness (QED) is 0.621. The minimum absolute atomic E-state index is 0.290. The zero-order valence-electron chi connectivity index (χ0n) is 13.8. The van der Waals surface area contributed by atoms with Gasteiger partial charge in [-0.15, -0.1) is 0 Å². The molecule has 4 heteroatoms. The maximum Gasteiger partial charge on any atom is 0.356 e. The third-order valence-electron chi connectivity index (χ3n) is 6.17. The summed E-state index contributed by atoms with van der Waals surface area (Å²) >= 11 is 0. The number of carbonyl (C=O) groups excluding carboxylic acids is 2. The molecule has 22 heavy (non-hydrogen) atoms. The fourth-order valence-electron chi connectivity index (χ4n) is 3.72. The zero-order valence-corrected chi connectivity index (χ0v) is 13.8. The smallest absolute Gasteiger partial charge is 0.356 e. The molecule has 0 spiro atoms. The van der Waals surface area contributed by atoms with E-state index in [9.17, 15) is 9.59 Å². The first kappa shape index (κ1) is 15.1. The Morgan fingerprint density at radius 3 is 2.41 bits per heavy atom. The molecule has 1 aliphatic carbocycles. The van der Waals surface area contributed by atoms with Crippen molar-refractivity contribution in [2.24, 2.45) is 10.8 Å². The molecule has 4 nitrogen and oxygen atoms in total. The van der Waals surface area contributed by atoms with Crippen LogP contribution in [0.15, 0.2) is 18.2 Å². The van der Waals surface area contributed by atoms with Crippen LogP contribution in [0.3, 0.4) is 0 Å². The van der Waals surface area contributed by atoms with Gasteiger partial charge >= 0.3 is 11.9 Å². The summed E-state index contributed by atoms with van der Waals surface area (Å²) in [5.74, 6) is -0.214. The van der Waals surface area contributed by atoms with Gasteiger partial charge in [-0.1, -0.05) is 26.0 Å². The molecular formula is C18H22O4. The van der Waals surface area contributed by atoms with Crippen LogP contribution in [0.25, 0.3) is 0 Å². The first-order chi connectivity index (χ1) is 10.2. The van der Waals surface area contributed by atoms with Crippen LogP contribution in [0, 0.1) is 24.7 Å². The Labute approximate surface area is 130 Å². The molecule has 1 aromatic carbocycles. The zero-order chi connectivity index (χ0) is 16.3. The van der Waals surface area contributed by atoms with Crippen LogP contribution >= 0.6 is 0 Å². The van der Waals surface area contributed by atoms with Crippen molar-refractivity contribution < 1.29 is 19.1 Å². The van der Waals surface area contributed by atoms with Crippen molar-refractivity contribution in [3.05, 3.63) is 29.3 Å². The second-order valence-electron chi connectivity index (χ2n) is 7.26. The van der Waals surface area contributed by atoms with E-state index in [1.165, 1.54) is 0 Å². The molecule has 0 N–H and O–H groups in total. The summed E-state index contributed by atoms with van der Waals surface area (Å²) < 4.78 is 11.2. The molecule has 2 atom stereocenters. The first-order valence-corrected chi connectivity index (χ1v) is 7.68. The maximum absolute atomic E-state index is 12.9. The number of ether oxygens (including phenoxy) is 2. The van der Waals surface area contributed by atoms with Gasteiger partial charge < -0.3 is 9.47 Å². The Bertz CT molecular complexity index is 676. The van der Waals surface area contributed by atoms with Gasteiger partial charge in [-0.25, -0.2) is 4.79 Å². The SMILES string of the molecule is Cc1cccc(OC(=O)[C@@]23CC[C@@](C)(C(=O)O2)C3(C)C)c1C. The van der Waals surface area contributed by atoms with Gasteiger partial charge in [-0.3, -0.25) is 4.79 Å². The third kappa shape index (κ3) is 1.58. The Morgan fingerprint density at radius 2 is 1.86 bits per heavy atom. The van der Waals surface area contributed by atoms with Gasteiger partial charge in [0.05, 0.1) is 5.41 Å². The second kappa shape index (κ2) is 4.34. The normalized spacial score (nSPS) is 32.0. The van der Waals surface area contributed by atoms with Gasteiger partial charge in [0.1, 0.15) is 5.75 Å². The molecule has 0 amide bonds. The molecule has 118 valence electrons. The molecule has 0 aromatic heterocycles. The number of carbonyl (C=O) groups is 2. The van der Waals surface area contributed by atoms with Crippen LogP contribution in [-0.4, -0.2) is 17.5 Å². The minimum atomic E-state index is -1.17. The van der Waals surface area contributed by atoms with E-state index in [1.54, 1.807) is 6.07 Å². The summed E-state index contributed by atoms with van der Waals surface area (Å²) in [6.45, 7) is 9.62. The van der Waals surface area contributed by atoms with E-state index >= 15 is 0 Å². The lowest BCUT2D eigenvalue weighted by molar-refractivity contribution is -0.176. The highest BCUT2D eigenvalue weighted by Crippen LogP contribution is 2.65. The summed E-state index contributed by atoms with van der Waals surface area (Å²) in [7, 11) is 0. The fourth-order valence-corrected chi connectivity index (χ4v) is 3.72. The lowest BCUT2D eigenvalue weighted by atomic mass is 9.66. The molecule has 0 unspecified atom stereocenters. The standard InChI is InChI=1S/C18H22O4/c1-11-7-6-8-13(12(11)2)21-15(20)18-10-9-17(5,14(19)22-18)16(18,3)4/h6-8H,9-10H2,1-5H3/t17-,18+/m0/s1. The average Bonchev–Trinajstić information content (AvgIpc) is 2.74. The van der Waals surface area contributed by atoms with Gasteiger partial charge in [-0.2, -0.15) is 0 Å². The fraction of sp³-hybridized carbons (Fsp3) is 0.556. The summed E-state index contributed by atoms with van der Waals surface area (Å²) in [6, 6.07) is 5.60. The highest BCUT2D eigenvalue weighted by atomic mass is 16.6. The van der Waals surface area contributed by atoms with E-state index in [0.29, 0.717) is 18.6 Å². The molecule has 1 saturated heterocycles.